The maximum Gasteiger partial charge on any atom is 0.325 e. The van der Waals surface area contributed by atoms with Crippen LogP contribution < -0.4 is 10.5 Å². The first-order valence-electron chi connectivity index (χ1n) is 4.13. The summed E-state index contributed by atoms with van der Waals surface area (Å²) < 4.78 is 5.60. The minimum atomic E-state index is -1.19. The minimum Gasteiger partial charge on any atom is -0.503 e. The number of nitrogens with two attached hydrogens (primary N) is 1. The molecule has 16 heavy (non-hydrogen) atoms. The van der Waals surface area contributed by atoms with E-state index in [1.807, 2.05) is 0 Å². The number of hydrogen-bond donors (Lipinski definition) is 3. The van der Waals surface area contributed by atoms with Gasteiger partial charge in [0.1, 0.15) is 6.04 Å². The van der Waals surface area contributed by atoms with E-state index in [9.17, 15) is 9.90 Å². The van der Waals surface area contributed by atoms with Crippen LogP contribution in [0.4, 0.5) is 0 Å². The maximum atomic E-state index is 10.8. The number of phenolic OH excluding ortho intramolecular Hbond substituents is 1. The first-order valence-corrected chi connectivity index (χ1v) is 5.72. The Morgan fingerprint density at radius 3 is 2.50 bits per heavy atom. The summed E-state index contributed by atoms with van der Waals surface area (Å²) in [6.45, 7) is 0. The third kappa shape index (κ3) is 2.31. The zero-order valence-corrected chi connectivity index (χ0v) is 11.4. The monoisotopic (exact) mass is 353 g/mol. The SMILES string of the molecule is COc1cc([C@H](N)C(=O)O)c(Br)c(Br)c1O. The fraction of sp³-hybridized carbons (Fsp3) is 0.222. The van der Waals surface area contributed by atoms with Crippen LogP contribution in [0.2, 0.25) is 0 Å². The molecular formula is C9H9Br2NO4. The van der Waals surface area contributed by atoms with Crippen molar-refractivity contribution in [3.05, 3.63) is 20.6 Å². The van der Waals surface area contributed by atoms with E-state index in [2.05, 4.69) is 31.9 Å². The highest BCUT2D eigenvalue weighted by Gasteiger charge is 2.22. The van der Waals surface area contributed by atoms with Crippen LogP contribution in [0.15, 0.2) is 15.0 Å². The summed E-state index contributed by atoms with van der Waals surface area (Å²) >= 11 is 6.27. The number of aliphatic carboxylic acids is 1. The number of methoxy groups -OCH3 is 1. The molecule has 0 fully saturated rings. The number of carbonyl (C=O) groups is 1. The second-order valence-corrected chi connectivity index (χ2v) is 4.55. The molecule has 0 heterocycles. The number of hydrogen-bond acceptors (Lipinski definition) is 4. The summed E-state index contributed by atoms with van der Waals surface area (Å²) in [5.74, 6) is -1.13. The van der Waals surface area contributed by atoms with Crippen molar-refractivity contribution in [1.82, 2.24) is 0 Å². The van der Waals surface area contributed by atoms with Gasteiger partial charge in [0.05, 0.1) is 11.6 Å². The summed E-state index contributed by atoms with van der Waals surface area (Å²) in [7, 11) is 1.37. The Bertz CT molecular complexity index is 436. The molecule has 1 atom stereocenters. The van der Waals surface area contributed by atoms with E-state index >= 15 is 0 Å². The van der Waals surface area contributed by atoms with Crippen molar-refractivity contribution in [2.45, 2.75) is 6.04 Å². The van der Waals surface area contributed by atoms with Gasteiger partial charge in [-0.3, -0.25) is 4.79 Å². The Labute approximate surface area is 108 Å². The predicted octanol–water partition coefficient (Wildman–Crippen LogP) is 2.01. The molecule has 1 aromatic rings. The summed E-state index contributed by atoms with van der Waals surface area (Å²) in [5, 5.41) is 18.5. The van der Waals surface area contributed by atoms with Gasteiger partial charge in [-0.1, -0.05) is 0 Å². The van der Waals surface area contributed by atoms with Crippen molar-refractivity contribution in [1.29, 1.82) is 0 Å². The lowest BCUT2D eigenvalue weighted by molar-refractivity contribution is -0.138. The van der Waals surface area contributed by atoms with Crippen LogP contribution in [0.5, 0.6) is 11.5 Å². The lowest BCUT2D eigenvalue weighted by atomic mass is 10.1. The van der Waals surface area contributed by atoms with Crippen LogP contribution in [0.1, 0.15) is 11.6 Å². The number of ether oxygens (including phenoxy) is 1. The number of aromatic hydroxyl groups is 1. The van der Waals surface area contributed by atoms with E-state index < -0.39 is 12.0 Å². The van der Waals surface area contributed by atoms with E-state index in [0.29, 0.717) is 14.5 Å². The fourth-order valence-corrected chi connectivity index (χ4v) is 2.10. The topological polar surface area (TPSA) is 92.8 Å². The maximum absolute atomic E-state index is 10.8. The lowest BCUT2D eigenvalue weighted by Crippen LogP contribution is -2.21. The van der Waals surface area contributed by atoms with Crippen LogP contribution in [0, 0.1) is 0 Å². The van der Waals surface area contributed by atoms with Gasteiger partial charge < -0.3 is 20.7 Å². The molecule has 88 valence electrons. The molecule has 0 amide bonds. The largest absolute Gasteiger partial charge is 0.503 e. The third-order valence-corrected chi connectivity index (χ3v) is 4.15. The van der Waals surface area contributed by atoms with E-state index in [4.69, 9.17) is 15.6 Å². The molecular weight excluding hydrogens is 346 g/mol. The number of rotatable bonds is 3. The Balaban J connectivity index is 3.41. The smallest absolute Gasteiger partial charge is 0.325 e. The standard InChI is InChI=1S/C9H9Br2NO4/c1-16-4-2-3(7(12)9(14)15)5(10)6(11)8(4)13/h2,7,13H,12H2,1H3,(H,14,15)/t7-/m0/s1. The molecule has 0 unspecified atom stereocenters. The van der Waals surface area contributed by atoms with Crippen molar-refractivity contribution in [2.75, 3.05) is 7.11 Å². The van der Waals surface area contributed by atoms with Gasteiger partial charge in [0.15, 0.2) is 11.5 Å². The second kappa shape index (κ2) is 5.03. The average molecular weight is 355 g/mol. The van der Waals surface area contributed by atoms with Crippen LogP contribution in [-0.4, -0.2) is 23.3 Å². The van der Waals surface area contributed by atoms with Crippen molar-refractivity contribution < 1.29 is 19.7 Å². The highest BCUT2D eigenvalue weighted by atomic mass is 79.9. The summed E-state index contributed by atoms with van der Waals surface area (Å²) in [4.78, 5) is 10.8. The molecule has 0 aliphatic rings. The quantitative estimate of drug-likeness (QED) is 0.772. The van der Waals surface area contributed by atoms with Crippen LogP contribution >= 0.6 is 31.9 Å². The number of carboxylic acids is 1. The van der Waals surface area contributed by atoms with Gasteiger partial charge in [-0.05, 0) is 43.5 Å². The molecule has 5 nitrogen and oxygen atoms in total. The first-order chi connectivity index (χ1) is 7.40. The van der Waals surface area contributed by atoms with Gasteiger partial charge in [0.2, 0.25) is 0 Å². The van der Waals surface area contributed by atoms with Gasteiger partial charge in [-0.2, -0.15) is 0 Å². The number of halogens is 2. The number of phenols is 1. The molecule has 0 aliphatic carbocycles. The molecule has 0 saturated heterocycles. The fourth-order valence-electron chi connectivity index (χ4n) is 1.13. The Hall–Kier alpha value is -0.790. The predicted molar refractivity (Wildman–Crippen MR) is 64.6 cm³/mol. The van der Waals surface area contributed by atoms with Gasteiger partial charge in [-0.25, -0.2) is 0 Å². The molecule has 4 N–H and O–H groups in total. The second-order valence-electron chi connectivity index (χ2n) is 2.96. The molecule has 7 heteroatoms. The summed E-state index contributed by atoms with van der Waals surface area (Å²) in [6, 6.07) is 0.184. The highest BCUT2D eigenvalue weighted by Crippen LogP contribution is 2.43. The minimum absolute atomic E-state index is 0.115. The molecule has 0 aliphatic heterocycles. The number of benzene rings is 1. The van der Waals surface area contributed by atoms with Crippen LogP contribution in [0.3, 0.4) is 0 Å². The average Bonchev–Trinajstić information content (AvgIpc) is 2.25. The van der Waals surface area contributed by atoms with Gasteiger partial charge in [0, 0.05) is 4.47 Å². The van der Waals surface area contributed by atoms with Crippen molar-refractivity contribution in [2.24, 2.45) is 5.73 Å². The van der Waals surface area contributed by atoms with Gasteiger partial charge in [-0.15, -0.1) is 0 Å². The van der Waals surface area contributed by atoms with E-state index in [1.165, 1.54) is 13.2 Å². The molecule has 0 aromatic heterocycles. The molecule has 0 bridgehead atoms. The first kappa shape index (κ1) is 13.3. The zero-order valence-electron chi connectivity index (χ0n) is 8.20. The number of carboxylic acid groups (broad SMARTS) is 1. The van der Waals surface area contributed by atoms with Crippen molar-refractivity contribution in [3.63, 3.8) is 0 Å². The Morgan fingerprint density at radius 1 is 1.50 bits per heavy atom. The highest BCUT2D eigenvalue weighted by molar-refractivity contribution is 9.13. The molecule has 0 spiro atoms. The lowest BCUT2D eigenvalue weighted by Gasteiger charge is -2.14. The molecule has 0 saturated carbocycles. The van der Waals surface area contributed by atoms with E-state index in [1.54, 1.807) is 0 Å². The van der Waals surface area contributed by atoms with E-state index in [-0.39, 0.29) is 11.5 Å². The van der Waals surface area contributed by atoms with Crippen LogP contribution in [-0.2, 0) is 4.79 Å². The van der Waals surface area contributed by atoms with Crippen molar-refractivity contribution >= 4 is 37.8 Å². The van der Waals surface area contributed by atoms with E-state index in [0.717, 1.165) is 0 Å². The van der Waals surface area contributed by atoms with Crippen molar-refractivity contribution in [3.8, 4) is 11.5 Å². The van der Waals surface area contributed by atoms with Crippen LogP contribution in [0.25, 0.3) is 0 Å². The van der Waals surface area contributed by atoms with Gasteiger partial charge >= 0.3 is 5.97 Å². The van der Waals surface area contributed by atoms with Gasteiger partial charge in [0.25, 0.3) is 0 Å². The third-order valence-electron chi connectivity index (χ3n) is 2.00. The Morgan fingerprint density at radius 2 is 2.06 bits per heavy atom. The summed E-state index contributed by atoms with van der Waals surface area (Å²) in [5.41, 5.74) is 5.81. The normalized spacial score (nSPS) is 12.2. The molecule has 1 rings (SSSR count). The molecule has 0 radical (unpaired) electrons. The molecule has 1 aromatic carbocycles. The zero-order chi connectivity index (χ0) is 12.5. The Kier molecular flexibility index (Phi) is 4.17. The summed E-state index contributed by atoms with van der Waals surface area (Å²) in [6.07, 6.45) is 0.